The van der Waals surface area contributed by atoms with Gasteiger partial charge in [0.1, 0.15) is 11.6 Å². The Morgan fingerprint density at radius 1 is 1.27 bits per heavy atom. The van der Waals surface area contributed by atoms with Crippen LogP contribution in [0.15, 0.2) is 42.9 Å². The molecule has 8 nitrogen and oxygen atoms in total. The third kappa shape index (κ3) is 3.71. The molecule has 0 spiro atoms. The molecule has 3 heterocycles. The van der Waals surface area contributed by atoms with E-state index in [9.17, 15) is 4.79 Å². The van der Waals surface area contributed by atoms with E-state index in [1.807, 2.05) is 49.7 Å². The molecule has 4 aromatic rings. The van der Waals surface area contributed by atoms with Gasteiger partial charge in [-0.05, 0) is 39.0 Å². The van der Waals surface area contributed by atoms with Crippen LogP contribution in [-0.4, -0.2) is 38.6 Å². The molecule has 0 radical (unpaired) electrons. The molecule has 30 heavy (non-hydrogen) atoms. The molecule has 0 unspecified atom stereocenters. The van der Waals surface area contributed by atoms with Crippen LogP contribution in [0.2, 0.25) is 0 Å². The molecule has 0 aliphatic heterocycles. The first-order chi connectivity index (χ1) is 14.3. The van der Waals surface area contributed by atoms with Gasteiger partial charge < -0.3 is 19.9 Å². The Morgan fingerprint density at radius 3 is 2.77 bits per heavy atom. The van der Waals surface area contributed by atoms with Crippen molar-refractivity contribution in [1.82, 2.24) is 19.5 Å². The molecule has 1 aromatic carbocycles. The molecular formula is C21H22N6O2S. The number of benzene rings is 1. The third-order valence-electron chi connectivity index (χ3n) is 4.58. The van der Waals surface area contributed by atoms with Crippen LogP contribution < -0.4 is 15.4 Å². The number of hydrogen-bond donors (Lipinski definition) is 1. The highest BCUT2D eigenvalue weighted by Gasteiger charge is 2.21. The lowest BCUT2D eigenvalue weighted by molar-refractivity contribution is 0.0995. The smallest absolute Gasteiger partial charge is 0.268 e. The molecule has 0 aliphatic carbocycles. The number of carbonyl (C=O) groups excluding carboxylic acids is 1. The number of hydrogen-bond acceptors (Lipinski definition) is 7. The van der Waals surface area contributed by atoms with Crippen LogP contribution in [0.4, 0.5) is 11.6 Å². The summed E-state index contributed by atoms with van der Waals surface area (Å²) < 4.78 is 8.82. The van der Waals surface area contributed by atoms with Crippen molar-refractivity contribution in [2.45, 2.75) is 26.9 Å². The van der Waals surface area contributed by atoms with Crippen molar-refractivity contribution in [3.63, 3.8) is 0 Å². The van der Waals surface area contributed by atoms with E-state index in [0.29, 0.717) is 21.8 Å². The summed E-state index contributed by atoms with van der Waals surface area (Å²) in [7, 11) is 1.73. The van der Waals surface area contributed by atoms with Gasteiger partial charge in [0.05, 0.1) is 38.8 Å². The minimum Gasteiger partial charge on any atom is -0.489 e. The van der Waals surface area contributed by atoms with Crippen LogP contribution in [0.25, 0.3) is 15.9 Å². The van der Waals surface area contributed by atoms with Crippen molar-refractivity contribution in [2.75, 3.05) is 17.7 Å². The lowest BCUT2D eigenvalue weighted by Crippen LogP contribution is -2.26. The summed E-state index contributed by atoms with van der Waals surface area (Å²) in [6, 6.07) is 7.49. The molecule has 4 rings (SSSR count). The number of anilines is 2. The van der Waals surface area contributed by atoms with Crippen LogP contribution in [0.3, 0.4) is 0 Å². The van der Waals surface area contributed by atoms with E-state index in [2.05, 4.69) is 15.0 Å². The molecule has 0 bridgehead atoms. The molecule has 0 saturated carbocycles. The van der Waals surface area contributed by atoms with Gasteiger partial charge in [-0.2, -0.15) is 0 Å². The van der Waals surface area contributed by atoms with Crippen molar-refractivity contribution in [3.8, 4) is 11.4 Å². The van der Waals surface area contributed by atoms with Crippen LogP contribution in [0.1, 0.15) is 29.3 Å². The van der Waals surface area contributed by atoms with Gasteiger partial charge in [-0.1, -0.05) is 0 Å². The topological polar surface area (TPSA) is 99.2 Å². The van der Waals surface area contributed by atoms with Crippen molar-refractivity contribution in [3.05, 3.63) is 53.6 Å². The number of carbonyl (C=O) groups is 1. The Kier molecular flexibility index (Phi) is 5.13. The molecule has 0 fully saturated rings. The number of amides is 1. The van der Waals surface area contributed by atoms with Gasteiger partial charge in [-0.3, -0.25) is 4.79 Å². The van der Waals surface area contributed by atoms with Gasteiger partial charge in [0, 0.05) is 25.5 Å². The van der Waals surface area contributed by atoms with Gasteiger partial charge >= 0.3 is 0 Å². The predicted octanol–water partition coefficient (Wildman–Crippen LogP) is 3.83. The van der Waals surface area contributed by atoms with Crippen molar-refractivity contribution >= 4 is 39.1 Å². The summed E-state index contributed by atoms with van der Waals surface area (Å²) >= 11 is 1.34. The number of ether oxygens (including phenoxy) is 1. The van der Waals surface area contributed by atoms with Gasteiger partial charge in [0.15, 0.2) is 0 Å². The maximum atomic E-state index is 13.2. The standard InChI is InChI=1S/C21H22N6O2S/c1-12(2)29-17-9-14(27-8-7-23-13(27)3)5-6-16(17)26(4)20(28)18-10-15-19(30-18)11-24-21(22)25-15/h5-12H,1-4H3,(H2,22,24,25). The Bertz CT molecular complexity index is 1230. The fourth-order valence-corrected chi connectivity index (χ4v) is 4.11. The zero-order valence-corrected chi connectivity index (χ0v) is 18.0. The average Bonchev–Trinajstić information content (AvgIpc) is 3.32. The predicted molar refractivity (Wildman–Crippen MR) is 119 cm³/mol. The maximum Gasteiger partial charge on any atom is 0.268 e. The van der Waals surface area contributed by atoms with Crippen molar-refractivity contribution < 1.29 is 9.53 Å². The fourth-order valence-electron chi connectivity index (χ4n) is 3.16. The molecule has 0 saturated heterocycles. The molecule has 1 amide bonds. The average molecular weight is 423 g/mol. The summed E-state index contributed by atoms with van der Waals surface area (Å²) in [5.41, 5.74) is 7.91. The van der Waals surface area contributed by atoms with E-state index in [1.165, 1.54) is 11.3 Å². The summed E-state index contributed by atoms with van der Waals surface area (Å²) in [4.78, 5) is 27.8. The largest absolute Gasteiger partial charge is 0.489 e. The first-order valence-electron chi connectivity index (χ1n) is 9.44. The van der Waals surface area contributed by atoms with Crippen LogP contribution >= 0.6 is 11.3 Å². The summed E-state index contributed by atoms with van der Waals surface area (Å²) in [6.07, 6.45) is 5.23. The van der Waals surface area contributed by atoms with Gasteiger partial charge in [-0.25, -0.2) is 15.0 Å². The van der Waals surface area contributed by atoms with E-state index >= 15 is 0 Å². The Hall–Kier alpha value is -3.46. The number of nitrogen functional groups attached to an aromatic ring is 1. The van der Waals surface area contributed by atoms with Crippen LogP contribution in [0, 0.1) is 6.92 Å². The first-order valence-corrected chi connectivity index (χ1v) is 10.3. The highest BCUT2D eigenvalue weighted by molar-refractivity contribution is 7.20. The van der Waals surface area contributed by atoms with Crippen molar-refractivity contribution in [2.24, 2.45) is 0 Å². The zero-order valence-electron chi connectivity index (χ0n) is 17.2. The van der Waals surface area contributed by atoms with Gasteiger partial charge in [0.2, 0.25) is 5.95 Å². The van der Waals surface area contributed by atoms with E-state index < -0.39 is 0 Å². The SMILES string of the molecule is Cc1nccn1-c1ccc(N(C)C(=O)c2cc3nc(N)ncc3s2)c(OC(C)C)c1. The molecule has 3 aromatic heterocycles. The second-order valence-corrected chi connectivity index (χ2v) is 8.20. The van der Waals surface area contributed by atoms with Crippen molar-refractivity contribution in [1.29, 1.82) is 0 Å². The maximum absolute atomic E-state index is 13.2. The lowest BCUT2D eigenvalue weighted by atomic mass is 10.2. The van der Waals surface area contributed by atoms with E-state index in [0.717, 1.165) is 16.2 Å². The normalized spacial score (nSPS) is 11.2. The van der Waals surface area contributed by atoms with E-state index in [1.54, 1.807) is 30.4 Å². The lowest BCUT2D eigenvalue weighted by Gasteiger charge is -2.22. The number of nitrogens with zero attached hydrogens (tertiary/aromatic N) is 5. The van der Waals surface area contributed by atoms with Gasteiger partial charge in [-0.15, -0.1) is 11.3 Å². The quantitative estimate of drug-likeness (QED) is 0.525. The van der Waals surface area contributed by atoms with E-state index in [4.69, 9.17) is 10.5 Å². The third-order valence-corrected chi connectivity index (χ3v) is 5.62. The number of nitrogens with two attached hydrogens (primary N) is 1. The number of aryl methyl sites for hydroxylation is 1. The highest BCUT2D eigenvalue weighted by Crippen LogP contribution is 2.34. The number of rotatable bonds is 5. The van der Waals surface area contributed by atoms with E-state index in [-0.39, 0.29) is 18.0 Å². The second-order valence-electron chi connectivity index (χ2n) is 7.12. The summed E-state index contributed by atoms with van der Waals surface area (Å²) in [6.45, 7) is 5.84. The molecule has 2 N–H and O–H groups in total. The molecule has 154 valence electrons. The van der Waals surface area contributed by atoms with Crippen LogP contribution in [0.5, 0.6) is 5.75 Å². The summed E-state index contributed by atoms with van der Waals surface area (Å²) in [5, 5.41) is 0. The van der Waals surface area contributed by atoms with Gasteiger partial charge in [0.25, 0.3) is 5.91 Å². The number of fused-ring (bicyclic) bond motifs is 1. The number of imidazole rings is 1. The monoisotopic (exact) mass is 422 g/mol. The second kappa shape index (κ2) is 7.75. The molecule has 9 heteroatoms. The molecular weight excluding hydrogens is 400 g/mol. The number of thiophene rings is 1. The highest BCUT2D eigenvalue weighted by atomic mass is 32.1. The Balaban J connectivity index is 1.71. The molecule has 0 atom stereocenters. The molecule has 0 aliphatic rings. The Labute approximate surface area is 178 Å². The van der Waals surface area contributed by atoms with Crippen LogP contribution in [-0.2, 0) is 0 Å². The fraction of sp³-hybridized carbons (Fsp3) is 0.238. The minimum absolute atomic E-state index is 0.0473. The Morgan fingerprint density at radius 2 is 2.07 bits per heavy atom. The zero-order chi connectivity index (χ0) is 21.4. The number of aromatic nitrogens is 4. The summed E-state index contributed by atoms with van der Waals surface area (Å²) in [5.74, 6) is 1.52. The minimum atomic E-state index is -0.156. The first kappa shape index (κ1) is 19.8.